The number of carbonyl (C=O) groups is 3. The fourth-order valence-corrected chi connectivity index (χ4v) is 3.79. The molecule has 25 heavy (non-hydrogen) atoms. The van der Waals surface area contributed by atoms with Crippen molar-refractivity contribution >= 4 is 28.9 Å². The molecular weight excluding hydrogens is 338 g/mol. The zero-order valence-corrected chi connectivity index (χ0v) is 15.4. The predicted octanol–water partition coefficient (Wildman–Crippen LogP) is 2.20. The van der Waals surface area contributed by atoms with E-state index in [1.165, 1.54) is 18.3 Å². The summed E-state index contributed by atoms with van der Waals surface area (Å²) in [5.41, 5.74) is 1.03. The van der Waals surface area contributed by atoms with Crippen molar-refractivity contribution in [1.29, 1.82) is 0 Å². The molecule has 3 heterocycles. The van der Waals surface area contributed by atoms with E-state index in [0.29, 0.717) is 37.4 Å². The average molecular weight is 359 g/mol. The van der Waals surface area contributed by atoms with E-state index in [1.54, 1.807) is 33.7 Å². The van der Waals surface area contributed by atoms with E-state index in [4.69, 9.17) is 0 Å². The molecule has 1 aliphatic heterocycles. The van der Waals surface area contributed by atoms with E-state index < -0.39 is 0 Å². The van der Waals surface area contributed by atoms with Crippen molar-refractivity contribution in [3.63, 3.8) is 0 Å². The Hall–Kier alpha value is -2.41. The maximum atomic E-state index is 12.7. The van der Waals surface area contributed by atoms with Crippen LogP contribution in [0.2, 0.25) is 0 Å². The fraction of sp³-hybridized carbons (Fsp3) is 0.389. The third-order valence-electron chi connectivity index (χ3n) is 4.44. The zero-order chi connectivity index (χ0) is 18.1. The van der Waals surface area contributed by atoms with Gasteiger partial charge < -0.3 is 14.4 Å². The van der Waals surface area contributed by atoms with Gasteiger partial charge >= 0.3 is 0 Å². The quantitative estimate of drug-likeness (QED) is 0.789. The van der Waals surface area contributed by atoms with Gasteiger partial charge in [-0.05, 0) is 32.0 Å². The highest BCUT2D eigenvalue weighted by Crippen LogP contribution is 2.19. The molecule has 0 saturated carbocycles. The molecule has 7 heteroatoms. The first-order valence-corrected chi connectivity index (χ1v) is 9.00. The lowest BCUT2D eigenvalue weighted by molar-refractivity contribution is 0.0533. The van der Waals surface area contributed by atoms with Crippen LogP contribution in [0.3, 0.4) is 0 Å². The molecule has 6 nitrogen and oxygen atoms in total. The third-order valence-corrected chi connectivity index (χ3v) is 5.42. The number of amides is 2. The maximum absolute atomic E-state index is 12.7. The van der Waals surface area contributed by atoms with Crippen LogP contribution in [0.4, 0.5) is 0 Å². The number of thiophene rings is 1. The van der Waals surface area contributed by atoms with Crippen molar-refractivity contribution in [2.45, 2.75) is 13.8 Å². The largest absolute Gasteiger partial charge is 0.346 e. The molecule has 0 unspecified atom stereocenters. The van der Waals surface area contributed by atoms with E-state index in [0.717, 1.165) is 9.75 Å². The van der Waals surface area contributed by atoms with Crippen LogP contribution < -0.4 is 0 Å². The van der Waals surface area contributed by atoms with Crippen LogP contribution in [-0.4, -0.2) is 58.1 Å². The molecule has 0 atom stereocenters. The van der Waals surface area contributed by atoms with Crippen molar-refractivity contribution < 1.29 is 14.4 Å². The van der Waals surface area contributed by atoms with Crippen LogP contribution in [0.25, 0.3) is 0 Å². The Bertz CT molecular complexity index is 828. The second-order valence-corrected chi connectivity index (χ2v) is 7.56. The summed E-state index contributed by atoms with van der Waals surface area (Å²) < 4.78 is 1.69. The normalized spacial score (nSPS) is 14.7. The number of aromatic nitrogens is 1. The fourth-order valence-electron chi connectivity index (χ4n) is 2.95. The maximum Gasteiger partial charge on any atom is 0.270 e. The molecule has 0 N–H and O–H groups in total. The highest BCUT2D eigenvalue weighted by atomic mass is 32.1. The molecule has 1 fully saturated rings. The van der Waals surface area contributed by atoms with Gasteiger partial charge in [-0.2, -0.15) is 0 Å². The number of piperazine rings is 1. The van der Waals surface area contributed by atoms with Crippen molar-refractivity contribution in [3.8, 4) is 0 Å². The molecule has 2 amide bonds. The van der Waals surface area contributed by atoms with Gasteiger partial charge in [0.25, 0.3) is 11.8 Å². The molecule has 1 aliphatic rings. The summed E-state index contributed by atoms with van der Waals surface area (Å²) in [5, 5.41) is 0. The predicted molar refractivity (Wildman–Crippen MR) is 96.3 cm³/mol. The van der Waals surface area contributed by atoms with Gasteiger partial charge in [-0.3, -0.25) is 14.4 Å². The summed E-state index contributed by atoms with van der Waals surface area (Å²) in [6, 6.07) is 5.43. The Morgan fingerprint density at radius 2 is 1.60 bits per heavy atom. The van der Waals surface area contributed by atoms with Crippen molar-refractivity contribution in [1.82, 2.24) is 14.4 Å². The Morgan fingerprint density at radius 1 is 1.00 bits per heavy atom. The highest BCUT2D eigenvalue weighted by molar-refractivity contribution is 7.13. The van der Waals surface area contributed by atoms with Gasteiger partial charge in [0.15, 0.2) is 5.78 Å². The molecule has 2 aromatic rings. The molecular formula is C18H21N3O3S. The van der Waals surface area contributed by atoms with Crippen molar-refractivity contribution in [2.24, 2.45) is 7.05 Å². The van der Waals surface area contributed by atoms with Crippen LogP contribution in [0, 0.1) is 6.92 Å². The molecule has 0 aromatic carbocycles. The second-order valence-electron chi connectivity index (χ2n) is 6.28. The zero-order valence-electron chi connectivity index (χ0n) is 14.6. The number of ketones is 1. The van der Waals surface area contributed by atoms with Crippen LogP contribution >= 0.6 is 11.3 Å². The molecule has 0 spiro atoms. The number of nitrogens with zero attached hydrogens (tertiary/aromatic N) is 3. The van der Waals surface area contributed by atoms with E-state index in [1.807, 2.05) is 19.1 Å². The average Bonchev–Trinajstić information content (AvgIpc) is 3.20. The molecule has 0 bridgehead atoms. The van der Waals surface area contributed by atoms with Gasteiger partial charge in [0.1, 0.15) is 5.69 Å². The number of Topliss-reactive ketones (excluding diaryl/α,β-unsaturated/α-hetero) is 1. The lowest BCUT2D eigenvalue weighted by Crippen LogP contribution is -2.50. The molecule has 132 valence electrons. The minimum absolute atomic E-state index is 0.0305. The summed E-state index contributed by atoms with van der Waals surface area (Å²) in [7, 11) is 1.76. The Labute approximate surface area is 150 Å². The number of hydrogen-bond acceptors (Lipinski definition) is 4. The minimum Gasteiger partial charge on any atom is -0.346 e. The number of carbonyl (C=O) groups excluding carboxylic acids is 3. The van der Waals surface area contributed by atoms with Crippen LogP contribution in [-0.2, 0) is 7.05 Å². The molecule has 3 rings (SSSR count). The lowest BCUT2D eigenvalue weighted by Gasteiger charge is -2.34. The standard InChI is InChI=1S/C18H21N3O3S/c1-12-4-5-16(25-12)18(24)21-8-6-20(7-9-21)17(23)15-10-14(13(2)22)11-19(15)3/h4-5,10-11H,6-9H2,1-3H3. The summed E-state index contributed by atoms with van der Waals surface area (Å²) in [5.74, 6) is -0.131. The first-order chi connectivity index (χ1) is 11.9. The first kappa shape index (κ1) is 17.4. The van der Waals surface area contributed by atoms with Crippen LogP contribution in [0.5, 0.6) is 0 Å². The van der Waals surface area contributed by atoms with E-state index >= 15 is 0 Å². The van der Waals surface area contributed by atoms with Gasteiger partial charge in [-0.1, -0.05) is 0 Å². The van der Waals surface area contributed by atoms with Gasteiger partial charge in [-0.15, -0.1) is 11.3 Å². The minimum atomic E-state index is -0.103. The summed E-state index contributed by atoms with van der Waals surface area (Å²) in [4.78, 5) is 42.1. The Morgan fingerprint density at radius 3 is 2.08 bits per heavy atom. The van der Waals surface area contributed by atoms with Crippen LogP contribution in [0.1, 0.15) is 42.3 Å². The molecule has 2 aromatic heterocycles. The Kier molecular flexibility index (Phi) is 4.76. The van der Waals surface area contributed by atoms with Gasteiger partial charge in [0.2, 0.25) is 0 Å². The van der Waals surface area contributed by atoms with Gasteiger partial charge in [0.05, 0.1) is 4.88 Å². The summed E-state index contributed by atoms with van der Waals surface area (Å²) in [6.07, 6.45) is 1.68. The van der Waals surface area contributed by atoms with Gasteiger partial charge in [0, 0.05) is 49.9 Å². The molecule has 0 aliphatic carbocycles. The SMILES string of the molecule is CC(=O)c1cc(C(=O)N2CCN(C(=O)c3ccc(C)s3)CC2)n(C)c1. The smallest absolute Gasteiger partial charge is 0.270 e. The van der Waals surface area contributed by atoms with Crippen molar-refractivity contribution in [3.05, 3.63) is 45.4 Å². The lowest BCUT2D eigenvalue weighted by atomic mass is 10.2. The number of rotatable bonds is 3. The summed E-state index contributed by atoms with van der Waals surface area (Å²) >= 11 is 1.49. The van der Waals surface area contributed by atoms with Crippen molar-refractivity contribution in [2.75, 3.05) is 26.2 Å². The highest BCUT2D eigenvalue weighted by Gasteiger charge is 2.27. The number of hydrogen-bond donors (Lipinski definition) is 0. The topological polar surface area (TPSA) is 62.6 Å². The van der Waals surface area contributed by atoms with E-state index in [2.05, 4.69) is 0 Å². The molecule has 0 radical (unpaired) electrons. The van der Waals surface area contributed by atoms with Gasteiger partial charge in [-0.25, -0.2) is 0 Å². The van der Waals surface area contributed by atoms with E-state index in [9.17, 15) is 14.4 Å². The molecule has 1 saturated heterocycles. The second kappa shape index (κ2) is 6.84. The van der Waals surface area contributed by atoms with Crippen LogP contribution in [0.15, 0.2) is 24.4 Å². The monoisotopic (exact) mass is 359 g/mol. The summed E-state index contributed by atoms with van der Waals surface area (Å²) in [6.45, 7) is 5.50. The van der Waals surface area contributed by atoms with E-state index in [-0.39, 0.29) is 17.6 Å². The number of aryl methyl sites for hydroxylation is 2. The Balaban J connectivity index is 1.65. The first-order valence-electron chi connectivity index (χ1n) is 8.19. The third kappa shape index (κ3) is 3.51.